The molecule has 1 aliphatic carbocycles. The normalized spacial score (nSPS) is 18.8. The number of aromatic nitrogens is 1. The maximum absolute atomic E-state index is 13.0. The number of anilines is 1. The molecule has 0 amide bonds. The molecule has 3 heterocycles. The van der Waals surface area contributed by atoms with Gasteiger partial charge < -0.3 is 29.4 Å². The molecule has 1 unspecified atom stereocenters. The summed E-state index contributed by atoms with van der Waals surface area (Å²) in [6.07, 6.45) is 8.02. The van der Waals surface area contributed by atoms with Gasteiger partial charge >= 0.3 is 5.97 Å². The van der Waals surface area contributed by atoms with Crippen molar-refractivity contribution >= 4 is 107 Å². The molecule has 448 valence electrons. The Morgan fingerprint density at radius 1 is 0.699 bits per heavy atom. The average Bonchev–Trinajstić information content (AvgIpc) is 2.20. The molecule has 0 fully saturated rings. The lowest BCUT2D eigenvalue weighted by Crippen LogP contribution is -2.31. The Morgan fingerprint density at radius 3 is 1.86 bits per heavy atom. The van der Waals surface area contributed by atoms with Gasteiger partial charge in [0, 0.05) is 82.5 Å². The van der Waals surface area contributed by atoms with E-state index in [0.717, 1.165) is 24.3 Å². The number of methoxy groups -OCH3 is 1. The van der Waals surface area contributed by atoms with E-state index < -0.39 is 104 Å². The van der Waals surface area contributed by atoms with Gasteiger partial charge in [-0.25, -0.2) is 4.79 Å². The van der Waals surface area contributed by atoms with Crippen LogP contribution >= 0.6 is 11.6 Å². The van der Waals surface area contributed by atoms with E-state index in [9.17, 15) is 79.9 Å². The highest BCUT2D eigenvalue weighted by atomic mass is 35.5. The van der Waals surface area contributed by atoms with Crippen molar-refractivity contribution in [1.29, 1.82) is 0 Å². The fourth-order valence-corrected chi connectivity index (χ4v) is 14.7. The highest BCUT2D eigenvalue weighted by Crippen LogP contribution is 2.54. The Morgan fingerprint density at radius 2 is 1.29 bits per heavy atom. The van der Waals surface area contributed by atoms with E-state index in [2.05, 4.69) is 0 Å². The monoisotopic (exact) mass is 1270 g/mol. The van der Waals surface area contributed by atoms with Gasteiger partial charge in [0.15, 0.2) is 5.71 Å². The molecule has 2 aliphatic heterocycles. The predicted octanol–water partition coefficient (Wildman–Crippen LogP) is 7.16. The van der Waals surface area contributed by atoms with Crippen LogP contribution in [0.1, 0.15) is 76.8 Å². The molecular formula is C53H59ClN3O21S5+. The quantitative estimate of drug-likeness (QED) is 0.0205. The van der Waals surface area contributed by atoms with Crippen LogP contribution < -0.4 is 9.74 Å². The molecule has 1 aromatic heterocycles. The number of fused-ring (bicyclic) bond motifs is 6. The van der Waals surface area contributed by atoms with Crippen molar-refractivity contribution < 1.29 is 98.7 Å². The minimum absolute atomic E-state index is 0.0179. The molecule has 0 bridgehead atoms. The first kappa shape index (κ1) is 63.0. The standard InChI is InChI=1S/C53H58ClN3O21S5/c1-52(2)44(55(22-6-10-48(60)78-57-46(58)19-20-47(57)59)40-15-13-36-38(49(40)52)28-34(80(64,65)66)30-42(36)82(70,71)72)17-11-32-8-5-9-33(51(32)54)12-18-45-53(3,21-7-27-79(61,62)63)50-39-29-35(81(67,68)69)31-43(83(73,74)75)37(39)14-16-41(50)56(45)23-24-77-26-25-76-4/h11-20,28-31H,5-10,21-27H2,1-4H3,(H6-,58,59,61,62,63,64,65,66,67,68,69,70,71,72,73,74,75)/p+1. The maximum Gasteiger partial charge on any atom is 0.333 e. The number of hydrogen-bond acceptors (Lipinski definition) is 17. The van der Waals surface area contributed by atoms with Gasteiger partial charge in [0.2, 0.25) is 17.4 Å². The Kier molecular flexibility index (Phi) is 17.8. The lowest BCUT2D eigenvalue weighted by molar-refractivity contribution is -0.438. The molecule has 0 radical (unpaired) electrons. The maximum atomic E-state index is 13.0. The number of hydrogen-bond donors (Lipinski definition) is 7. The van der Waals surface area contributed by atoms with Crippen LogP contribution in [-0.4, -0.2) is 142 Å². The van der Waals surface area contributed by atoms with Crippen molar-refractivity contribution in [2.45, 2.75) is 96.1 Å². The van der Waals surface area contributed by atoms with Gasteiger partial charge in [-0.2, -0.15) is 46.7 Å². The molecule has 4 aromatic carbocycles. The number of rotatable bonds is 22. The summed E-state index contributed by atoms with van der Waals surface area (Å²) in [7, 11) is -23.4. The molecule has 30 heteroatoms. The van der Waals surface area contributed by atoms with E-state index in [1.807, 2.05) is 9.48 Å². The van der Waals surface area contributed by atoms with Gasteiger partial charge in [-0.3, -0.25) is 22.8 Å². The van der Waals surface area contributed by atoms with Gasteiger partial charge in [0.25, 0.3) is 50.6 Å². The zero-order valence-corrected chi connectivity index (χ0v) is 49.7. The van der Waals surface area contributed by atoms with Crippen LogP contribution in [0.3, 0.4) is 0 Å². The highest BCUT2D eigenvalue weighted by molar-refractivity contribution is 7.87. The van der Waals surface area contributed by atoms with Crippen molar-refractivity contribution in [2.24, 2.45) is 0 Å². The lowest BCUT2D eigenvalue weighted by Gasteiger charge is -2.31. The summed E-state index contributed by atoms with van der Waals surface area (Å²) < 4.78 is 190. The number of nitrogens with zero attached hydrogens (tertiary/aromatic N) is 3. The summed E-state index contributed by atoms with van der Waals surface area (Å²) >= 11 is 7.33. The molecule has 8 rings (SSSR count). The number of halogens is 1. The van der Waals surface area contributed by atoms with Gasteiger partial charge in [0.1, 0.15) is 16.3 Å². The van der Waals surface area contributed by atoms with E-state index in [1.165, 1.54) is 19.2 Å². The largest absolute Gasteiger partial charge is 0.492 e. The Bertz CT molecular complexity index is 4240. The molecule has 1 atom stereocenters. The fourth-order valence-electron chi connectivity index (χ4n) is 11.2. The zero-order chi connectivity index (χ0) is 61.0. The van der Waals surface area contributed by atoms with Gasteiger partial charge in [-0.1, -0.05) is 29.8 Å². The number of carbonyl (C=O) groups excluding carboxylic acids is 1. The zero-order valence-electron chi connectivity index (χ0n) is 44.9. The molecule has 5 aromatic rings. The third-order valence-corrected chi connectivity index (χ3v) is 19.6. The summed E-state index contributed by atoms with van der Waals surface area (Å²) in [6, 6.07) is 11.5. The first-order valence-corrected chi connectivity index (χ1v) is 33.2. The van der Waals surface area contributed by atoms with E-state index in [0.29, 0.717) is 86.2 Å². The van der Waals surface area contributed by atoms with Crippen molar-refractivity contribution in [1.82, 2.24) is 4.73 Å². The summed E-state index contributed by atoms with van der Waals surface area (Å²) in [5.41, 5.74) is 1.27. The van der Waals surface area contributed by atoms with E-state index in [-0.39, 0.29) is 80.1 Å². The van der Waals surface area contributed by atoms with E-state index >= 15 is 0 Å². The molecule has 7 N–H and O–H groups in total. The predicted molar refractivity (Wildman–Crippen MR) is 304 cm³/mol. The second kappa shape index (κ2) is 23.4. The summed E-state index contributed by atoms with van der Waals surface area (Å²) in [6.45, 7) is 5.97. The SMILES string of the molecule is COCCOCCN1C(=CC=C2CCCC(C=CC3=[N+](CCCC(=O)On4c(O)ccc4O)c4ccc5c(S(=O)(=O)O)cc(S(=O)(=O)O)cc5c4C3(C)C)=C2Cl)C(C)(CCCS(=O)(=O)O)c2c1ccc1c(S(=O)(=O)O)cc(S(=O)(=O)O)cc21. The molecule has 24 nitrogen and oxygen atoms in total. The molecular weight excluding hydrogens is 1210 g/mol. The summed E-state index contributed by atoms with van der Waals surface area (Å²) in [5, 5.41) is 20.2. The van der Waals surface area contributed by atoms with Crippen molar-refractivity contribution in [2.75, 3.05) is 50.7 Å². The molecule has 0 saturated carbocycles. The molecule has 0 spiro atoms. The van der Waals surface area contributed by atoms with Crippen LogP contribution in [0.4, 0.5) is 11.4 Å². The van der Waals surface area contributed by atoms with Gasteiger partial charge in [-0.15, -0.1) is 4.73 Å². The summed E-state index contributed by atoms with van der Waals surface area (Å²) in [5.74, 6) is -2.61. The smallest absolute Gasteiger partial charge is 0.333 e. The minimum atomic E-state index is -5.14. The third kappa shape index (κ3) is 13.1. The topological polar surface area (TPSA) is 368 Å². The van der Waals surface area contributed by atoms with Crippen LogP contribution in [0, 0.1) is 0 Å². The van der Waals surface area contributed by atoms with Crippen LogP contribution in [0.25, 0.3) is 21.5 Å². The first-order valence-electron chi connectivity index (χ1n) is 25.4. The molecule has 0 saturated heterocycles. The van der Waals surface area contributed by atoms with Crippen LogP contribution in [-0.2, 0) is 75.7 Å². The molecule has 83 heavy (non-hydrogen) atoms. The average molecular weight is 1270 g/mol. The van der Waals surface area contributed by atoms with Crippen LogP contribution in [0.15, 0.2) is 126 Å². The Labute approximate surface area is 483 Å². The highest BCUT2D eigenvalue weighted by Gasteiger charge is 2.47. The Hall–Kier alpha value is -6.06. The van der Waals surface area contributed by atoms with Crippen LogP contribution in [0.2, 0.25) is 0 Å². The summed E-state index contributed by atoms with van der Waals surface area (Å²) in [4.78, 5) is 16.7. The number of aromatic hydroxyl groups is 2. The number of ether oxygens (including phenoxy) is 2. The van der Waals surface area contributed by atoms with E-state index in [1.54, 1.807) is 57.2 Å². The van der Waals surface area contributed by atoms with Crippen molar-refractivity contribution in [3.05, 3.63) is 118 Å². The second-order valence-corrected chi connectivity index (χ2v) is 28.2. The number of carbonyl (C=O) groups is 1. The van der Waals surface area contributed by atoms with Gasteiger partial charge in [-0.05, 0) is 123 Å². The first-order chi connectivity index (χ1) is 38.6. The third-order valence-electron chi connectivity index (χ3n) is 14.9. The number of allylic oxidation sites excluding steroid dienone is 8. The van der Waals surface area contributed by atoms with Crippen LogP contribution in [0.5, 0.6) is 11.8 Å². The number of benzene rings is 4. The van der Waals surface area contributed by atoms with Crippen molar-refractivity contribution in [3.63, 3.8) is 0 Å². The van der Waals surface area contributed by atoms with E-state index in [4.69, 9.17) is 25.9 Å². The molecule has 3 aliphatic rings. The second-order valence-electron chi connectivity index (χ2n) is 20.7. The van der Waals surface area contributed by atoms with Crippen molar-refractivity contribution in [3.8, 4) is 11.8 Å². The lowest BCUT2D eigenvalue weighted by atomic mass is 9.75. The minimum Gasteiger partial charge on any atom is -0.492 e. The fraction of sp³-hybridized carbons (Fsp3) is 0.358. The van der Waals surface area contributed by atoms with Gasteiger partial charge in [0.05, 0.1) is 47.2 Å². The Balaban J connectivity index is 1.26.